The van der Waals surface area contributed by atoms with Crippen LogP contribution >= 0.6 is 0 Å². The fourth-order valence-electron chi connectivity index (χ4n) is 10.9. The van der Waals surface area contributed by atoms with Crippen LogP contribution in [-0.4, -0.2) is 150 Å². The zero-order chi connectivity index (χ0) is 61.8. The number of amides is 3. The predicted molar refractivity (Wildman–Crippen MR) is 345 cm³/mol. The molecule has 92 heavy (non-hydrogen) atoms. The molecule has 0 spiro atoms. The molecule has 6 aromatic carbocycles. The Balaban J connectivity index is 0.000000175. The van der Waals surface area contributed by atoms with E-state index in [4.69, 9.17) is 0 Å². The van der Waals surface area contributed by atoms with Crippen molar-refractivity contribution in [3.05, 3.63) is 192 Å². The first kappa shape index (κ1) is 65.7. The number of hydrogen-bond acceptors (Lipinski definition) is 16. The van der Waals surface area contributed by atoms with Crippen LogP contribution in [0.2, 0.25) is 0 Å². The van der Waals surface area contributed by atoms with Gasteiger partial charge in [-0.3, -0.25) is 29.5 Å². The number of hydrogen-bond donors (Lipinski definition) is 7. The molecule has 2 aliphatic heterocycles. The van der Waals surface area contributed by atoms with E-state index >= 15 is 0 Å². The molecule has 0 unspecified atom stereocenters. The summed E-state index contributed by atoms with van der Waals surface area (Å²) in [4.78, 5) is 73.2. The maximum absolute atomic E-state index is 13.4. The Morgan fingerprint density at radius 2 is 0.989 bits per heavy atom. The molecule has 3 amide bonds. The van der Waals surface area contributed by atoms with Crippen molar-refractivity contribution in [2.24, 2.45) is 11.8 Å². The Labute approximate surface area is 552 Å². The maximum atomic E-state index is 13.4. The average Bonchev–Trinajstić information content (AvgIpc) is 0.944. The van der Waals surface area contributed by atoms with E-state index in [1.807, 2.05) is 84.0 Å². The van der Waals surface area contributed by atoms with E-state index in [2.05, 4.69) is 76.7 Å². The number of H-pyrrole nitrogens is 2. The van der Waals surface area contributed by atoms with Gasteiger partial charge < -0.3 is 46.7 Å². The Morgan fingerprint density at radius 1 is 0.533 bits per heavy atom. The number of nitrogens with one attached hydrogen (secondary N) is 7. The largest absolute Gasteiger partial charge is 1.00 e. The van der Waals surface area contributed by atoms with E-state index in [9.17, 15) is 28.0 Å². The summed E-state index contributed by atoms with van der Waals surface area (Å²) in [6.07, 6.45) is 10.6. The summed E-state index contributed by atoms with van der Waals surface area (Å²) in [7, 11) is 0. The summed E-state index contributed by atoms with van der Waals surface area (Å²) in [5.41, 5.74) is 8.49. The average molecular weight is 1250 g/mol. The Bertz CT molecular complexity index is 4150. The molecule has 2 saturated heterocycles. The minimum atomic E-state index is -0.422. The van der Waals surface area contributed by atoms with Crippen LogP contribution in [0.25, 0.3) is 44.1 Å². The molecule has 0 bridgehead atoms. The predicted octanol–water partition coefficient (Wildman–Crippen LogP) is 6.92. The van der Waals surface area contributed by atoms with Crippen LogP contribution in [0.3, 0.4) is 0 Å². The zero-order valence-corrected chi connectivity index (χ0v) is 52.8. The number of fused-ring (bicyclic) bond motifs is 2. The van der Waals surface area contributed by atoms with Gasteiger partial charge in [0.25, 0.3) is 5.91 Å². The molecule has 0 radical (unpaired) electrons. The van der Waals surface area contributed by atoms with Crippen molar-refractivity contribution in [1.29, 1.82) is 0 Å². The molecule has 0 atom stereocenters. The van der Waals surface area contributed by atoms with Crippen molar-refractivity contribution in [2.75, 3.05) is 86.7 Å². The third kappa shape index (κ3) is 18.1. The monoisotopic (exact) mass is 1250 g/mol. The number of halogens is 2. The van der Waals surface area contributed by atoms with Crippen molar-refractivity contribution in [3.8, 4) is 22.3 Å². The van der Waals surface area contributed by atoms with Gasteiger partial charge in [0.2, 0.25) is 11.8 Å². The van der Waals surface area contributed by atoms with E-state index in [1.54, 1.807) is 36.4 Å². The van der Waals surface area contributed by atoms with Crippen molar-refractivity contribution >= 4 is 80.5 Å². The van der Waals surface area contributed by atoms with E-state index in [0.717, 1.165) is 82.1 Å². The molecule has 21 nitrogen and oxygen atoms in total. The second-order valence-corrected chi connectivity index (χ2v) is 23.0. The Morgan fingerprint density at radius 3 is 1.45 bits per heavy atom. The van der Waals surface area contributed by atoms with Crippen LogP contribution in [-0.2, 0) is 27.2 Å². The molecule has 4 aromatic heterocycles. The third-order valence-corrected chi connectivity index (χ3v) is 16.0. The number of carbonyl (C=O) groups excluding carboxylic acids is 4. The van der Waals surface area contributed by atoms with Crippen LogP contribution < -0.4 is 56.1 Å². The van der Waals surface area contributed by atoms with Crippen LogP contribution in [0.15, 0.2) is 158 Å². The van der Waals surface area contributed by atoms with Gasteiger partial charge in [0.1, 0.15) is 35.9 Å². The Kier molecular flexibility index (Phi) is 22.3. The van der Waals surface area contributed by atoms with Crippen molar-refractivity contribution < 1.29 is 63.0 Å². The van der Waals surface area contributed by atoms with Gasteiger partial charge >= 0.3 is 29.6 Å². The molecule has 2 aliphatic carbocycles. The van der Waals surface area contributed by atoms with Gasteiger partial charge in [-0.25, -0.2) is 28.7 Å². The molecule has 24 heteroatoms. The van der Waals surface area contributed by atoms with E-state index in [-0.39, 0.29) is 65.6 Å². The third-order valence-electron chi connectivity index (χ3n) is 16.0. The Hall–Kier alpha value is -9.20. The number of piperazine rings is 2. The minimum Gasteiger partial charge on any atom is -0.870 e. The van der Waals surface area contributed by atoms with Gasteiger partial charge in [-0.2, -0.15) is 27.9 Å². The van der Waals surface area contributed by atoms with Gasteiger partial charge in [-0.05, 0) is 133 Å². The van der Waals surface area contributed by atoms with Gasteiger partial charge in [-0.15, -0.1) is 12.1 Å². The number of benzene rings is 6. The number of aromatic amines is 2. The van der Waals surface area contributed by atoms with Gasteiger partial charge in [-0.1, -0.05) is 36.4 Å². The van der Waals surface area contributed by atoms with Crippen LogP contribution in [0.1, 0.15) is 53.0 Å². The SMILES string of the molecule is C1CN(CC2CC2)CCN1.O=C(Cc1cc(Nc2ncnc3cc(-c4ccc(C(=O)N5CCN(CC6CC6)CC5)cc4)ccc23)n[nH]1)Nc1cccc(F)c1.O=[C-]c1ccc(-c2ccc3c(Nc4cc(CC(=O)Nc5cccc(F)c5)[nH]n4)ncnc3c2)cc1.[Na+].[OH-]. The number of anilines is 6. The first-order valence-corrected chi connectivity index (χ1v) is 30.3. The first-order chi connectivity index (χ1) is 44.0. The molecule has 10 aromatic rings. The topological polar surface area (TPSA) is 277 Å². The molecule has 8 N–H and O–H groups in total. The summed E-state index contributed by atoms with van der Waals surface area (Å²) in [5, 5.41) is 30.8. The minimum absolute atomic E-state index is 0. The van der Waals surface area contributed by atoms with E-state index in [1.165, 1.54) is 114 Å². The molecule has 4 fully saturated rings. The molecule has 2 saturated carbocycles. The van der Waals surface area contributed by atoms with E-state index in [0.29, 0.717) is 57.2 Å². The van der Waals surface area contributed by atoms with Gasteiger partial charge in [0, 0.05) is 117 Å². The number of rotatable bonds is 18. The van der Waals surface area contributed by atoms with Crippen LogP contribution in [0.4, 0.5) is 43.4 Å². The van der Waals surface area contributed by atoms with Crippen LogP contribution in [0.5, 0.6) is 0 Å². The second kappa shape index (κ2) is 31.2. The number of aromatic nitrogens is 8. The fourth-order valence-corrected chi connectivity index (χ4v) is 10.9. The quantitative estimate of drug-likeness (QED) is 0.0339. The summed E-state index contributed by atoms with van der Waals surface area (Å²) >= 11 is 0. The zero-order valence-electron chi connectivity index (χ0n) is 50.8. The van der Waals surface area contributed by atoms with Crippen molar-refractivity contribution in [2.45, 2.75) is 38.5 Å². The molecule has 14 rings (SSSR count). The summed E-state index contributed by atoms with van der Waals surface area (Å²) in [5.74, 6) is 2.71. The van der Waals surface area contributed by atoms with Crippen molar-refractivity contribution in [1.82, 2.24) is 60.3 Å². The summed E-state index contributed by atoms with van der Waals surface area (Å²) < 4.78 is 26.7. The van der Waals surface area contributed by atoms with Crippen molar-refractivity contribution in [3.63, 3.8) is 0 Å². The molecular weight excluding hydrogens is 1180 g/mol. The molecule has 6 heterocycles. The number of nitrogens with zero attached hydrogens (tertiary/aromatic N) is 9. The smallest absolute Gasteiger partial charge is 0.870 e. The summed E-state index contributed by atoms with van der Waals surface area (Å²) in [6.45, 7) is 11.0. The second-order valence-electron chi connectivity index (χ2n) is 23.0. The first-order valence-electron chi connectivity index (χ1n) is 30.3. The molecular formula is C68H68F2N16NaO5-. The standard InChI is InChI=1S/C34H33FN8O2.C26H18FN6O2.C8H16N2.Na.H2O/c35-26-2-1-3-27(17-26)38-32(44)19-28-18-31(41-40-28)39-33-29-11-10-25(16-30(29)36-21-37-33)23-6-8-24(9-7-23)34(45)43-14-12-42(13-15-43)20-22-4-5-22;27-19-2-1-3-20(11-19)30-25(35)13-21-12-24(33-32-21)31-26-22-9-8-18(10-23(22)28-15-29-26)17-6-4-16(14-34)5-7-17;1-2-8(1)7-10-5-3-9-4-6-10;;/h1-3,6-11,16-18,21-22H,4-5,12-15,19-20H2,(H,38,44)(H2,36,37,39,40,41);1-12,15H,13H2,(H,30,35)(H2,28,29,31,32,33);8-9H,1-7H2;;1H2/q;-1;;+1;/p-1. The normalized spacial score (nSPS) is 14.7. The van der Waals surface area contributed by atoms with Gasteiger partial charge in [0.05, 0.1) is 30.2 Å². The van der Waals surface area contributed by atoms with E-state index < -0.39 is 11.6 Å². The fraction of sp³-hybridized carbons (Fsp3) is 0.265. The van der Waals surface area contributed by atoms with Gasteiger partial charge in [0.15, 0.2) is 11.6 Å². The maximum Gasteiger partial charge on any atom is 1.00 e. The molecule has 466 valence electrons. The molecule has 4 aliphatic rings. The number of carbonyl (C=O) groups is 3. The summed E-state index contributed by atoms with van der Waals surface area (Å²) in [6, 6.07) is 41.5. The van der Waals surface area contributed by atoms with Crippen LogP contribution in [0, 0.1) is 23.5 Å².